The summed E-state index contributed by atoms with van der Waals surface area (Å²) in [6.07, 6.45) is 1.33. The molecule has 1 saturated heterocycles. The second-order valence-corrected chi connectivity index (χ2v) is 9.57. The molecule has 1 fully saturated rings. The van der Waals surface area contributed by atoms with Gasteiger partial charge in [0.05, 0.1) is 42.6 Å². The number of ether oxygens (including phenoxy) is 3. The number of aromatic nitrogens is 3. The molecule has 0 saturated carbocycles. The minimum atomic E-state index is -0.680. The van der Waals surface area contributed by atoms with E-state index in [2.05, 4.69) is 0 Å². The molecule has 1 aliphatic rings. The number of para-hydroxylation sites is 1. The maximum absolute atomic E-state index is 13.6. The van der Waals surface area contributed by atoms with Crippen molar-refractivity contribution in [1.29, 1.82) is 0 Å². The molecule has 10 heteroatoms. The average Bonchev–Trinajstić information content (AvgIpc) is 3.37. The molecule has 0 N–H and O–H groups in total. The van der Waals surface area contributed by atoms with Gasteiger partial charge in [-0.25, -0.2) is 9.31 Å². The molecule has 1 aromatic carbocycles. The van der Waals surface area contributed by atoms with Crippen LogP contribution in [-0.4, -0.2) is 63.7 Å². The van der Waals surface area contributed by atoms with Crippen LogP contribution in [0.25, 0.3) is 11.2 Å². The molecule has 0 spiro atoms. The van der Waals surface area contributed by atoms with Gasteiger partial charge in [-0.3, -0.25) is 14.3 Å². The van der Waals surface area contributed by atoms with E-state index in [1.54, 1.807) is 24.3 Å². The summed E-state index contributed by atoms with van der Waals surface area (Å²) >= 11 is 6.30. The van der Waals surface area contributed by atoms with Gasteiger partial charge in [-0.15, -0.1) is 0 Å². The zero-order valence-corrected chi connectivity index (χ0v) is 20.5. The minimum Gasteiger partial charge on any atom is -0.444 e. The molecule has 1 aliphatic heterocycles. The van der Waals surface area contributed by atoms with E-state index >= 15 is 0 Å². The molecule has 2 aromatic heterocycles. The van der Waals surface area contributed by atoms with Crippen molar-refractivity contribution in [2.24, 2.45) is 0 Å². The molecule has 4 rings (SSSR count). The van der Waals surface area contributed by atoms with E-state index in [4.69, 9.17) is 30.9 Å². The van der Waals surface area contributed by atoms with E-state index in [1.807, 2.05) is 51.1 Å². The summed E-state index contributed by atoms with van der Waals surface area (Å²) in [6, 6.07) is 10.3. The molecule has 3 heterocycles. The Labute approximate surface area is 202 Å². The first-order valence-electron chi connectivity index (χ1n) is 11.1. The van der Waals surface area contributed by atoms with E-state index in [9.17, 15) is 9.59 Å². The summed E-state index contributed by atoms with van der Waals surface area (Å²) in [5.74, 6) is 0.402. The number of carbonyl (C=O) groups is 1. The monoisotopic (exact) mass is 488 g/mol. The molecule has 0 aliphatic carbocycles. The van der Waals surface area contributed by atoms with Crippen LogP contribution in [0.15, 0.2) is 47.4 Å². The fourth-order valence-corrected chi connectivity index (χ4v) is 4.30. The maximum atomic E-state index is 13.6. The number of halogens is 1. The van der Waals surface area contributed by atoms with Crippen LogP contribution in [0.3, 0.4) is 0 Å². The van der Waals surface area contributed by atoms with Crippen molar-refractivity contribution in [2.75, 3.05) is 26.9 Å². The van der Waals surface area contributed by atoms with Gasteiger partial charge in [-0.2, -0.15) is 5.10 Å². The Bertz CT molecular complexity index is 1220. The molecular formula is C24H29ClN4O5. The van der Waals surface area contributed by atoms with E-state index in [-0.39, 0.29) is 17.2 Å². The number of nitrogens with zero attached hydrogens (tertiary/aromatic N) is 4. The Morgan fingerprint density at radius 1 is 1.18 bits per heavy atom. The first-order valence-corrected chi connectivity index (χ1v) is 11.5. The van der Waals surface area contributed by atoms with E-state index in [0.29, 0.717) is 42.7 Å². The van der Waals surface area contributed by atoms with Crippen LogP contribution in [0.1, 0.15) is 39.1 Å². The standard InChI is InChI=1S/C24H29ClN4O5/c1-24(2,3)34-23(31)27-15-17(33-13-12-32-4)14-19(27)21-26-28-11-10-18(25)20(28)22(30)29(21)16-8-6-5-7-9-16/h5-11,17,19H,12-15H2,1-4H3. The van der Waals surface area contributed by atoms with Crippen molar-refractivity contribution in [3.8, 4) is 5.69 Å². The second-order valence-electron chi connectivity index (χ2n) is 9.16. The molecule has 9 nitrogen and oxygen atoms in total. The van der Waals surface area contributed by atoms with E-state index in [0.717, 1.165) is 0 Å². The first-order chi connectivity index (χ1) is 16.2. The zero-order valence-electron chi connectivity index (χ0n) is 19.7. The number of hydrogen-bond donors (Lipinski definition) is 0. The van der Waals surface area contributed by atoms with Crippen molar-refractivity contribution in [2.45, 2.75) is 44.9 Å². The van der Waals surface area contributed by atoms with Crippen molar-refractivity contribution in [3.05, 3.63) is 63.8 Å². The predicted molar refractivity (Wildman–Crippen MR) is 128 cm³/mol. The fourth-order valence-electron chi connectivity index (χ4n) is 4.07. The summed E-state index contributed by atoms with van der Waals surface area (Å²) < 4.78 is 19.7. The van der Waals surface area contributed by atoms with Gasteiger partial charge in [-0.05, 0) is 39.0 Å². The van der Waals surface area contributed by atoms with Gasteiger partial charge in [0.25, 0.3) is 5.56 Å². The van der Waals surface area contributed by atoms with Crippen molar-refractivity contribution >= 4 is 23.2 Å². The summed E-state index contributed by atoms with van der Waals surface area (Å²) in [7, 11) is 1.60. The smallest absolute Gasteiger partial charge is 0.411 e. The van der Waals surface area contributed by atoms with E-state index < -0.39 is 17.7 Å². The van der Waals surface area contributed by atoms with Crippen LogP contribution in [0.5, 0.6) is 0 Å². The van der Waals surface area contributed by atoms with Crippen LogP contribution in [-0.2, 0) is 14.2 Å². The van der Waals surface area contributed by atoms with Gasteiger partial charge in [0.2, 0.25) is 0 Å². The lowest BCUT2D eigenvalue weighted by Crippen LogP contribution is -2.39. The largest absolute Gasteiger partial charge is 0.444 e. The number of amides is 1. The fraction of sp³-hybridized carbons (Fsp3) is 0.458. The Kier molecular flexibility index (Phi) is 6.97. The number of rotatable bonds is 6. The van der Waals surface area contributed by atoms with Crippen molar-refractivity contribution in [3.63, 3.8) is 0 Å². The Morgan fingerprint density at radius 2 is 1.91 bits per heavy atom. The third kappa shape index (κ3) is 4.96. The lowest BCUT2D eigenvalue weighted by Gasteiger charge is -2.29. The lowest BCUT2D eigenvalue weighted by atomic mass is 10.1. The van der Waals surface area contributed by atoms with Crippen LogP contribution in [0.4, 0.5) is 4.79 Å². The first kappa shape index (κ1) is 24.3. The summed E-state index contributed by atoms with van der Waals surface area (Å²) in [5, 5.41) is 5.05. The molecule has 182 valence electrons. The Balaban J connectivity index is 1.83. The number of hydrogen-bond acceptors (Lipinski definition) is 6. The molecule has 34 heavy (non-hydrogen) atoms. The predicted octanol–water partition coefficient (Wildman–Crippen LogP) is 3.85. The van der Waals surface area contributed by atoms with Gasteiger partial charge in [0.1, 0.15) is 11.1 Å². The number of likely N-dealkylation sites (tertiary alicyclic amines) is 1. The van der Waals surface area contributed by atoms with Crippen molar-refractivity contribution < 1.29 is 19.0 Å². The van der Waals surface area contributed by atoms with Crippen LogP contribution < -0.4 is 5.56 Å². The average molecular weight is 489 g/mol. The molecular weight excluding hydrogens is 460 g/mol. The number of fused-ring (bicyclic) bond motifs is 1. The minimum absolute atomic E-state index is 0.266. The Hall–Kier alpha value is -2.88. The normalized spacial score (nSPS) is 18.6. The van der Waals surface area contributed by atoms with Crippen LogP contribution >= 0.6 is 11.6 Å². The van der Waals surface area contributed by atoms with Gasteiger partial charge in [0, 0.05) is 19.7 Å². The molecule has 2 unspecified atom stereocenters. The maximum Gasteiger partial charge on any atom is 0.411 e. The highest BCUT2D eigenvalue weighted by molar-refractivity contribution is 6.33. The van der Waals surface area contributed by atoms with E-state index in [1.165, 1.54) is 9.08 Å². The summed E-state index contributed by atoms with van der Waals surface area (Å²) in [4.78, 5) is 28.4. The summed E-state index contributed by atoms with van der Waals surface area (Å²) in [5.41, 5.74) is -0.105. The van der Waals surface area contributed by atoms with Crippen LogP contribution in [0, 0.1) is 0 Å². The van der Waals surface area contributed by atoms with Gasteiger partial charge in [-0.1, -0.05) is 29.8 Å². The second kappa shape index (κ2) is 9.77. The van der Waals surface area contributed by atoms with Gasteiger partial charge >= 0.3 is 6.09 Å². The lowest BCUT2D eigenvalue weighted by molar-refractivity contribution is 0.00885. The molecule has 1 amide bonds. The molecule has 2 atom stereocenters. The highest BCUT2D eigenvalue weighted by Gasteiger charge is 2.42. The van der Waals surface area contributed by atoms with Gasteiger partial charge in [0.15, 0.2) is 5.82 Å². The third-order valence-electron chi connectivity index (χ3n) is 5.51. The highest BCUT2D eigenvalue weighted by atomic mass is 35.5. The topological polar surface area (TPSA) is 87.3 Å². The SMILES string of the molecule is COCCOC1CC(c2nn3ccc(Cl)c3c(=O)n2-c2ccccc2)N(C(=O)OC(C)(C)C)C1. The Morgan fingerprint density at radius 3 is 2.59 bits per heavy atom. The molecule has 0 radical (unpaired) electrons. The van der Waals surface area contributed by atoms with Gasteiger partial charge < -0.3 is 14.2 Å². The molecule has 3 aromatic rings. The molecule has 0 bridgehead atoms. The highest BCUT2D eigenvalue weighted by Crippen LogP contribution is 2.34. The van der Waals surface area contributed by atoms with Crippen molar-refractivity contribution in [1.82, 2.24) is 19.1 Å². The summed E-state index contributed by atoms with van der Waals surface area (Å²) in [6.45, 7) is 6.58. The third-order valence-corrected chi connectivity index (χ3v) is 5.81. The number of benzene rings is 1. The zero-order chi connectivity index (χ0) is 24.5. The quantitative estimate of drug-likeness (QED) is 0.490. The van der Waals surface area contributed by atoms with Crippen LogP contribution in [0.2, 0.25) is 5.02 Å². The number of methoxy groups -OCH3 is 1. The number of carbonyl (C=O) groups excluding carboxylic acids is 1.